The van der Waals surface area contributed by atoms with Gasteiger partial charge in [-0.25, -0.2) is 0 Å². The first kappa shape index (κ1) is 14.2. The van der Waals surface area contributed by atoms with Crippen molar-refractivity contribution in [1.82, 2.24) is 0 Å². The summed E-state index contributed by atoms with van der Waals surface area (Å²) in [6, 6.07) is 8.43. The van der Waals surface area contributed by atoms with Crippen LogP contribution in [0.2, 0.25) is 0 Å². The maximum Gasteiger partial charge on any atom is 0.142 e. The van der Waals surface area contributed by atoms with Crippen LogP contribution in [-0.4, -0.2) is 12.3 Å². The quantitative estimate of drug-likeness (QED) is 0.466. The summed E-state index contributed by atoms with van der Waals surface area (Å²) in [6.07, 6.45) is 3.23. The maximum absolute atomic E-state index is 10.4. The molecule has 1 unspecified atom stereocenters. The highest BCUT2D eigenvalue weighted by molar-refractivity contribution is 5.66. The molecule has 18 heavy (non-hydrogen) atoms. The van der Waals surface area contributed by atoms with Crippen molar-refractivity contribution >= 4 is 12.0 Å². The lowest BCUT2D eigenvalue weighted by Crippen LogP contribution is -2.20. The van der Waals surface area contributed by atoms with Crippen LogP contribution in [0.4, 0.5) is 5.69 Å². The van der Waals surface area contributed by atoms with E-state index in [0.717, 1.165) is 29.5 Å². The Kier molecular flexibility index (Phi) is 5.37. The van der Waals surface area contributed by atoms with Crippen molar-refractivity contribution in [3.8, 4) is 0 Å². The molecule has 1 atom stereocenters. The molecular weight excluding hydrogens is 222 g/mol. The Hall–Kier alpha value is -1.83. The summed E-state index contributed by atoms with van der Waals surface area (Å²) in [6.45, 7) is 10.0. The van der Waals surface area contributed by atoms with Crippen molar-refractivity contribution in [1.29, 1.82) is 0 Å². The third-order valence-corrected chi connectivity index (χ3v) is 2.87. The van der Waals surface area contributed by atoms with Crippen molar-refractivity contribution in [3.05, 3.63) is 53.6 Å². The van der Waals surface area contributed by atoms with Crippen LogP contribution in [0.3, 0.4) is 0 Å². The number of nitrogens with one attached hydrogen (secondary N) is 1. The van der Waals surface area contributed by atoms with Crippen molar-refractivity contribution in [2.45, 2.75) is 33.2 Å². The third-order valence-electron chi connectivity index (χ3n) is 2.87. The molecule has 1 N–H and O–H groups in total. The molecule has 0 aliphatic carbocycles. The highest BCUT2D eigenvalue weighted by Crippen LogP contribution is 2.17. The molecule has 2 nitrogen and oxygen atoms in total. The monoisotopic (exact) mass is 243 g/mol. The Morgan fingerprint density at radius 3 is 2.44 bits per heavy atom. The van der Waals surface area contributed by atoms with Gasteiger partial charge in [-0.15, -0.1) is 0 Å². The van der Waals surface area contributed by atoms with Gasteiger partial charge < -0.3 is 5.32 Å². The van der Waals surface area contributed by atoms with E-state index in [1.807, 2.05) is 13.8 Å². The molecule has 1 aromatic rings. The second kappa shape index (κ2) is 6.80. The molecule has 0 aromatic heterocycles. The zero-order valence-corrected chi connectivity index (χ0v) is 11.4. The van der Waals surface area contributed by atoms with Crippen LogP contribution in [0.5, 0.6) is 0 Å². The summed E-state index contributed by atoms with van der Waals surface area (Å²) < 4.78 is 0. The fraction of sp³-hybridized carbons (Fsp3) is 0.312. The number of benzene rings is 1. The molecule has 0 saturated carbocycles. The number of hydrogen-bond acceptors (Lipinski definition) is 2. The van der Waals surface area contributed by atoms with Crippen LogP contribution >= 0.6 is 0 Å². The van der Waals surface area contributed by atoms with Crippen LogP contribution < -0.4 is 5.32 Å². The number of aldehydes is 1. The van der Waals surface area contributed by atoms with Gasteiger partial charge in [0, 0.05) is 5.69 Å². The zero-order chi connectivity index (χ0) is 13.5. The van der Waals surface area contributed by atoms with Gasteiger partial charge in [0.25, 0.3) is 0 Å². The van der Waals surface area contributed by atoms with Crippen LogP contribution in [0.25, 0.3) is 0 Å². The molecule has 0 amide bonds. The van der Waals surface area contributed by atoms with Gasteiger partial charge in [0.05, 0.1) is 6.04 Å². The second-order valence-electron chi connectivity index (χ2n) is 4.76. The highest BCUT2D eigenvalue weighted by atomic mass is 16.1. The number of carbonyl (C=O) groups is 1. The van der Waals surface area contributed by atoms with Crippen molar-refractivity contribution in [2.75, 3.05) is 5.32 Å². The fourth-order valence-electron chi connectivity index (χ4n) is 1.71. The molecule has 2 heteroatoms. The summed E-state index contributed by atoms with van der Waals surface area (Å²) in [4.78, 5) is 10.4. The van der Waals surface area contributed by atoms with Crippen LogP contribution in [0, 0.1) is 6.92 Å². The van der Waals surface area contributed by atoms with Gasteiger partial charge in [-0.3, -0.25) is 4.79 Å². The Balaban J connectivity index is 2.74. The fourth-order valence-corrected chi connectivity index (χ4v) is 1.71. The van der Waals surface area contributed by atoms with Gasteiger partial charge in [0.1, 0.15) is 6.29 Å². The van der Waals surface area contributed by atoms with Gasteiger partial charge in [-0.2, -0.15) is 0 Å². The number of hydrogen-bond donors (Lipinski definition) is 1. The first-order valence-corrected chi connectivity index (χ1v) is 6.12. The van der Waals surface area contributed by atoms with E-state index in [1.165, 1.54) is 5.56 Å². The van der Waals surface area contributed by atoms with Gasteiger partial charge in [0.2, 0.25) is 0 Å². The van der Waals surface area contributed by atoms with E-state index in [1.54, 1.807) is 6.08 Å². The average molecular weight is 243 g/mol. The van der Waals surface area contributed by atoms with Crippen LogP contribution in [-0.2, 0) is 4.79 Å². The minimum Gasteiger partial charge on any atom is -0.378 e. The number of anilines is 1. The Labute approximate surface area is 109 Å². The normalized spacial score (nSPS) is 12.9. The Morgan fingerprint density at radius 1 is 1.33 bits per heavy atom. The minimum atomic E-state index is 0.156. The first-order chi connectivity index (χ1) is 8.52. The van der Waals surface area contributed by atoms with Gasteiger partial charge in [-0.05, 0) is 45.4 Å². The van der Waals surface area contributed by atoms with E-state index in [-0.39, 0.29) is 6.04 Å². The van der Waals surface area contributed by atoms with Crippen molar-refractivity contribution in [2.24, 2.45) is 0 Å². The van der Waals surface area contributed by atoms with E-state index in [9.17, 15) is 4.79 Å². The number of carbonyl (C=O) groups excluding carboxylic acids is 1. The van der Waals surface area contributed by atoms with E-state index in [2.05, 4.69) is 43.1 Å². The summed E-state index contributed by atoms with van der Waals surface area (Å²) in [5.74, 6) is 0. The average Bonchev–Trinajstić information content (AvgIpc) is 2.31. The van der Waals surface area contributed by atoms with Crippen LogP contribution in [0.1, 0.15) is 25.8 Å². The summed E-state index contributed by atoms with van der Waals surface area (Å²) in [5, 5.41) is 3.44. The molecule has 0 saturated heterocycles. The van der Waals surface area contributed by atoms with E-state index >= 15 is 0 Å². The Bertz CT molecular complexity index is 443. The lowest BCUT2D eigenvalue weighted by Gasteiger charge is -2.20. The zero-order valence-electron chi connectivity index (χ0n) is 11.4. The van der Waals surface area contributed by atoms with Crippen molar-refractivity contribution in [3.63, 3.8) is 0 Å². The molecule has 96 valence electrons. The number of aryl methyl sites for hydroxylation is 1. The molecule has 0 aliphatic heterocycles. The topological polar surface area (TPSA) is 29.1 Å². The van der Waals surface area contributed by atoms with Crippen LogP contribution in [0.15, 0.2) is 48.1 Å². The molecular formula is C16H21NO. The largest absolute Gasteiger partial charge is 0.378 e. The predicted molar refractivity (Wildman–Crippen MR) is 77.8 cm³/mol. The molecule has 1 aromatic carbocycles. The predicted octanol–water partition coefficient (Wildman–Crippen LogP) is 3.89. The summed E-state index contributed by atoms with van der Waals surface area (Å²) in [7, 11) is 0. The minimum absolute atomic E-state index is 0.156. The molecule has 0 aliphatic rings. The lowest BCUT2D eigenvalue weighted by atomic mass is 10.0. The lowest BCUT2D eigenvalue weighted by molar-refractivity contribution is -0.104. The van der Waals surface area contributed by atoms with Crippen molar-refractivity contribution < 1.29 is 4.79 Å². The van der Waals surface area contributed by atoms with Gasteiger partial charge in [-0.1, -0.05) is 35.4 Å². The standard InChI is InChI=1S/C16H21NO/c1-12(2)16(11-14(4)9-10-18)17-15-7-5-13(3)6-8-15/h5-10,16-17H,1,11H2,2-4H3/b14-9+. The molecule has 0 bridgehead atoms. The number of allylic oxidation sites excluding steroid dienone is 1. The Morgan fingerprint density at radius 2 is 1.94 bits per heavy atom. The van der Waals surface area contributed by atoms with E-state index in [4.69, 9.17) is 0 Å². The summed E-state index contributed by atoms with van der Waals surface area (Å²) in [5.41, 5.74) is 4.43. The first-order valence-electron chi connectivity index (χ1n) is 6.12. The smallest absolute Gasteiger partial charge is 0.142 e. The van der Waals surface area contributed by atoms with Gasteiger partial charge in [0.15, 0.2) is 0 Å². The number of rotatable bonds is 6. The molecule has 0 radical (unpaired) electrons. The van der Waals surface area contributed by atoms with E-state index in [0.29, 0.717) is 0 Å². The summed E-state index contributed by atoms with van der Waals surface area (Å²) >= 11 is 0. The SMILES string of the molecule is C=C(C)C(C/C(C)=C/C=O)Nc1ccc(C)cc1. The highest BCUT2D eigenvalue weighted by Gasteiger charge is 2.09. The molecule has 0 spiro atoms. The molecule has 0 heterocycles. The molecule has 0 fully saturated rings. The second-order valence-corrected chi connectivity index (χ2v) is 4.76. The molecule has 1 rings (SSSR count). The third kappa shape index (κ3) is 4.58. The maximum atomic E-state index is 10.4. The van der Waals surface area contributed by atoms with E-state index < -0.39 is 0 Å². The van der Waals surface area contributed by atoms with Gasteiger partial charge >= 0.3 is 0 Å².